The maximum atomic E-state index is 3.57. The lowest BCUT2D eigenvalue weighted by molar-refractivity contribution is 0.260. The van der Waals surface area contributed by atoms with Crippen LogP contribution in [0.15, 0.2) is 24.3 Å². The number of fused-ring (bicyclic) bond motifs is 1. The van der Waals surface area contributed by atoms with Gasteiger partial charge in [0, 0.05) is 19.1 Å². The zero-order valence-electron chi connectivity index (χ0n) is 12.2. The predicted molar refractivity (Wildman–Crippen MR) is 82.9 cm³/mol. The third kappa shape index (κ3) is 2.72. The normalized spacial score (nSPS) is 31.3. The Hall–Kier alpha value is -1.18. The topological polar surface area (TPSA) is 15.3 Å². The van der Waals surface area contributed by atoms with Gasteiger partial charge in [0.15, 0.2) is 0 Å². The van der Waals surface area contributed by atoms with Gasteiger partial charge in [0.1, 0.15) is 0 Å². The van der Waals surface area contributed by atoms with E-state index in [1.807, 2.05) is 0 Å². The molecule has 1 N–H and O–H groups in total. The summed E-state index contributed by atoms with van der Waals surface area (Å²) in [6.07, 6.45) is 5.37. The molecule has 0 aromatic heterocycles. The molecule has 0 amide bonds. The summed E-state index contributed by atoms with van der Waals surface area (Å²) in [7, 11) is 0. The van der Waals surface area contributed by atoms with Crippen LogP contribution in [0.25, 0.3) is 0 Å². The number of benzene rings is 1. The van der Waals surface area contributed by atoms with E-state index in [1.165, 1.54) is 43.6 Å². The Morgan fingerprint density at radius 3 is 2.58 bits per heavy atom. The van der Waals surface area contributed by atoms with Crippen molar-refractivity contribution in [2.24, 2.45) is 11.8 Å². The van der Waals surface area contributed by atoms with Crippen molar-refractivity contribution in [3.05, 3.63) is 24.3 Å². The average Bonchev–Trinajstić information content (AvgIpc) is 2.59. The van der Waals surface area contributed by atoms with Crippen LogP contribution in [0.4, 0.5) is 11.4 Å². The van der Waals surface area contributed by atoms with E-state index in [4.69, 9.17) is 0 Å². The third-order valence-corrected chi connectivity index (χ3v) is 4.70. The summed E-state index contributed by atoms with van der Waals surface area (Å²) in [4.78, 5) is 2.68. The second kappa shape index (κ2) is 5.44. The zero-order chi connectivity index (χ0) is 13.2. The van der Waals surface area contributed by atoms with Gasteiger partial charge in [-0.1, -0.05) is 26.0 Å². The van der Waals surface area contributed by atoms with Crippen molar-refractivity contribution in [2.45, 2.75) is 45.6 Å². The van der Waals surface area contributed by atoms with Gasteiger partial charge in [-0.15, -0.1) is 0 Å². The monoisotopic (exact) mass is 258 g/mol. The summed E-state index contributed by atoms with van der Waals surface area (Å²) in [6, 6.07) is 9.57. The van der Waals surface area contributed by atoms with Crippen molar-refractivity contribution >= 4 is 11.4 Å². The number of para-hydroxylation sites is 2. The molecule has 19 heavy (non-hydrogen) atoms. The van der Waals surface area contributed by atoms with Crippen LogP contribution in [0.3, 0.4) is 0 Å². The fourth-order valence-electron chi connectivity index (χ4n) is 4.00. The summed E-state index contributed by atoms with van der Waals surface area (Å²) in [5, 5.41) is 3.57. The molecule has 1 saturated carbocycles. The summed E-state index contributed by atoms with van der Waals surface area (Å²) >= 11 is 0. The molecule has 2 heteroatoms. The minimum Gasteiger partial charge on any atom is -0.383 e. The van der Waals surface area contributed by atoms with Gasteiger partial charge in [-0.05, 0) is 49.7 Å². The lowest BCUT2D eigenvalue weighted by Crippen LogP contribution is -2.41. The van der Waals surface area contributed by atoms with Crippen molar-refractivity contribution in [1.82, 2.24) is 0 Å². The van der Waals surface area contributed by atoms with Gasteiger partial charge in [-0.2, -0.15) is 0 Å². The molecule has 104 valence electrons. The first kappa shape index (κ1) is 12.8. The SMILES string of the molecule is CC1CC(C)CC(N2CCCNc3ccccc32)C1. The van der Waals surface area contributed by atoms with Gasteiger partial charge < -0.3 is 10.2 Å². The highest BCUT2D eigenvalue weighted by atomic mass is 15.2. The van der Waals surface area contributed by atoms with Gasteiger partial charge in [-0.25, -0.2) is 0 Å². The summed E-state index contributed by atoms with van der Waals surface area (Å²) in [5.41, 5.74) is 2.75. The van der Waals surface area contributed by atoms with Gasteiger partial charge in [0.25, 0.3) is 0 Å². The van der Waals surface area contributed by atoms with Crippen LogP contribution in [0.1, 0.15) is 39.5 Å². The molecule has 1 aliphatic heterocycles. The Morgan fingerprint density at radius 2 is 1.79 bits per heavy atom. The molecule has 1 aromatic carbocycles. The number of rotatable bonds is 1. The number of hydrogen-bond acceptors (Lipinski definition) is 2. The van der Waals surface area contributed by atoms with E-state index in [2.05, 4.69) is 48.3 Å². The average molecular weight is 258 g/mol. The smallest absolute Gasteiger partial charge is 0.0604 e. The van der Waals surface area contributed by atoms with E-state index in [-0.39, 0.29) is 0 Å². The Balaban J connectivity index is 1.87. The molecular formula is C17H26N2. The Labute approximate surface area is 117 Å². The lowest BCUT2D eigenvalue weighted by Gasteiger charge is -2.40. The van der Waals surface area contributed by atoms with E-state index >= 15 is 0 Å². The molecule has 1 heterocycles. The van der Waals surface area contributed by atoms with Crippen molar-refractivity contribution in [2.75, 3.05) is 23.3 Å². The molecule has 2 atom stereocenters. The van der Waals surface area contributed by atoms with Crippen LogP contribution >= 0.6 is 0 Å². The minimum atomic E-state index is 0.736. The van der Waals surface area contributed by atoms with E-state index in [0.29, 0.717) is 0 Å². The first-order valence-electron chi connectivity index (χ1n) is 7.83. The lowest BCUT2D eigenvalue weighted by atomic mass is 9.79. The highest BCUT2D eigenvalue weighted by Gasteiger charge is 2.30. The largest absolute Gasteiger partial charge is 0.383 e. The number of nitrogens with zero attached hydrogens (tertiary/aromatic N) is 1. The van der Waals surface area contributed by atoms with Gasteiger partial charge in [0.2, 0.25) is 0 Å². The fraction of sp³-hybridized carbons (Fsp3) is 0.647. The highest BCUT2D eigenvalue weighted by molar-refractivity contribution is 5.71. The van der Waals surface area contributed by atoms with Crippen molar-refractivity contribution in [3.63, 3.8) is 0 Å². The summed E-state index contributed by atoms with van der Waals surface area (Å²) in [5.74, 6) is 1.74. The molecule has 1 fully saturated rings. The minimum absolute atomic E-state index is 0.736. The van der Waals surface area contributed by atoms with E-state index < -0.39 is 0 Å². The van der Waals surface area contributed by atoms with Crippen LogP contribution in [0.5, 0.6) is 0 Å². The van der Waals surface area contributed by atoms with Gasteiger partial charge in [0.05, 0.1) is 11.4 Å². The van der Waals surface area contributed by atoms with Gasteiger partial charge >= 0.3 is 0 Å². The number of hydrogen-bond donors (Lipinski definition) is 1. The highest BCUT2D eigenvalue weighted by Crippen LogP contribution is 2.37. The van der Waals surface area contributed by atoms with E-state index in [9.17, 15) is 0 Å². The van der Waals surface area contributed by atoms with Crippen LogP contribution in [0, 0.1) is 11.8 Å². The molecule has 0 bridgehead atoms. The van der Waals surface area contributed by atoms with Crippen molar-refractivity contribution in [3.8, 4) is 0 Å². The Morgan fingerprint density at radius 1 is 1.05 bits per heavy atom. The number of nitrogens with one attached hydrogen (secondary N) is 1. The predicted octanol–water partition coefficient (Wildman–Crippen LogP) is 4.13. The van der Waals surface area contributed by atoms with E-state index in [1.54, 1.807) is 0 Å². The van der Waals surface area contributed by atoms with Crippen molar-refractivity contribution < 1.29 is 0 Å². The van der Waals surface area contributed by atoms with Crippen molar-refractivity contribution in [1.29, 1.82) is 0 Å². The van der Waals surface area contributed by atoms with Crippen LogP contribution < -0.4 is 10.2 Å². The van der Waals surface area contributed by atoms with Crippen LogP contribution in [0.2, 0.25) is 0 Å². The maximum absolute atomic E-state index is 3.57. The van der Waals surface area contributed by atoms with Gasteiger partial charge in [-0.3, -0.25) is 0 Å². The van der Waals surface area contributed by atoms with E-state index in [0.717, 1.165) is 24.4 Å². The third-order valence-electron chi connectivity index (χ3n) is 4.70. The fourth-order valence-corrected chi connectivity index (χ4v) is 4.00. The molecule has 0 saturated heterocycles. The molecule has 0 radical (unpaired) electrons. The Bertz CT molecular complexity index is 419. The molecule has 2 aliphatic rings. The molecule has 2 nitrogen and oxygen atoms in total. The molecule has 2 unspecified atom stereocenters. The summed E-state index contributed by atoms with van der Waals surface area (Å²) in [6.45, 7) is 7.15. The van der Waals surface area contributed by atoms with Crippen LogP contribution in [-0.2, 0) is 0 Å². The second-order valence-electron chi connectivity index (χ2n) is 6.56. The van der Waals surface area contributed by atoms with Crippen LogP contribution in [-0.4, -0.2) is 19.1 Å². The quantitative estimate of drug-likeness (QED) is 0.814. The molecular weight excluding hydrogens is 232 g/mol. The molecule has 1 aliphatic carbocycles. The maximum Gasteiger partial charge on any atom is 0.0604 e. The first-order valence-corrected chi connectivity index (χ1v) is 7.83. The molecule has 0 spiro atoms. The first-order chi connectivity index (χ1) is 9.24. The molecule has 1 aromatic rings. The standard InChI is InChI=1S/C17H26N2/c1-13-10-14(2)12-15(11-13)19-9-5-8-18-16-6-3-4-7-17(16)19/h3-4,6-7,13-15,18H,5,8-12H2,1-2H3. The Kier molecular flexibility index (Phi) is 3.67. The molecule has 3 rings (SSSR count). The summed E-state index contributed by atoms with van der Waals surface area (Å²) < 4.78 is 0. The zero-order valence-corrected chi connectivity index (χ0v) is 12.2. The second-order valence-corrected chi connectivity index (χ2v) is 6.56. The number of anilines is 2.